The van der Waals surface area contributed by atoms with E-state index in [2.05, 4.69) is 0 Å². The van der Waals surface area contributed by atoms with Crippen molar-refractivity contribution in [2.45, 2.75) is 25.7 Å². The van der Waals surface area contributed by atoms with Crippen LogP contribution in [-0.4, -0.2) is 19.0 Å². The Morgan fingerprint density at radius 2 is 1.93 bits per heavy atom. The van der Waals surface area contributed by atoms with Gasteiger partial charge in [0.1, 0.15) is 0 Å². The van der Waals surface area contributed by atoms with Crippen molar-refractivity contribution in [2.75, 3.05) is 13.0 Å². The van der Waals surface area contributed by atoms with Crippen molar-refractivity contribution in [3.63, 3.8) is 0 Å². The standard InChI is InChI=1S/C11H15ClO2/c1-14-9(13)11-4-7-2-10(11,6-12)3-8(7)5-11/h7-8H,2-6H2,1H3. The predicted octanol–water partition coefficient (Wildman–Crippen LogP) is 2.20. The topological polar surface area (TPSA) is 26.3 Å². The molecule has 0 aromatic heterocycles. The average Bonchev–Trinajstić information content (AvgIpc) is 2.85. The molecular formula is C11H15ClO2. The molecule has 0 saturated heterocycles. The number of carbonyl (C=O) groups is 1. The summed E-state index contributed by atoms with van der Waals surface area (Å²) in [7, 11) is 1.50. The van der Waals surface area contributed by atoms with Gasteiger partial charge in [0, 0.05) is 11.3 Å². The Morgan fingerprint density at radius 1 is 1.36 bits per heavy atom. The van der Waals surface area contributed by atoms with Crippen LogP contribution in [0.2, 0.25) is 0 Å². The molecule has 4 aliphatic rings. The first-order valence-electron chi connectivity index (χ1n) is 5.32. The lowest BCUT2D eigenvalue weighted by Crippen LogP contribution is -2.41. The Labute approximate surface area is 88.9 Å². The Balaban J connectivity index is 2.05. The highest BCUT2D eigenvalue weighted by Crippen LogP contribution is 2.77. The van der Waals surface area contributed by atoms with Gasteiger partial charge in [-0.05, 0) is 37.5 Å². The second-order valence-corrected chi connectivity index (χ2v) is 5.59. The third-order valence-corrected chi connectivity index (χ3v) is 5.55. The molecule has 2 unspecified atom stereocenters. The zero-order valence-corrected chi connectivity index (χ0v) is 9.14. The lowest BCUT2D eigenvalue weighted by atomic mass is 9.69. The van der Waals surface area contributed by atoms with Crippen molar-refractivity contribution < 1.29 is 9.53 Å². The van der Waals surface area contributed by atoms with Crippen molar-refractivity contribution in [2.24, 2.45) is 22.7 Å². The maximum atomic E-state index is 11.9. The van der Waals surface area contributed by atoms with Crippen molar-refractivity contribution in [1.29, 1.82) is 0 Å². The Kier molecular flexibility index (Phi) is 1.59. The van der Waals surface area contributed by atoms with Crippen LogP contribution in [0.5, 0.6) is 0 Å². The molecule has 0 heterocycles. The lowest BCUT2D eigenvalue weighted by Gasteiger charge is -2.36. The van der Waals surface area contributed by atoms with Crippen LogP contribution < -0.4 is 0 Å². The monoisotopic (exact) mass is 214 g/mol. The molecule has 0 aromatic carbocycles. The molecule has 4 bridgehead atoms. The number of ether oxygens (including phenoxy) is 1. The molecule has 4 saturated carbocycles. The van der Waals surface area contributed by atoms with Crippen molar-refractivity contribution in [1.82, 2.24) is 0 Å². The van der Waals surface area contributed by atoms with Gasteiger partial charge in [-0.25, -0.2) is 0 Å². The molecule has 0 spiro atoms. The minimum atomic E-state index is -0.196. The van der Waals surface area contributed by atoms with Crippen LogP contribution in [0.25, 0.3) is 0 Å². The number of halogens is 1. The summed E-state index contributed by atoms with van der Waals surface area (Å²) in [6.45, 7) is 0. The smallest absolute Gasteiger partial charge is 0.312 e. The van der Waals surface area contributed by atoms with Crippen LogP contribution in [0, 0.1) is 22.7 Å². The average molecular weight is 215 g/mol. The Hall–Kier alpha value is -0.240. The second kappa shape index (κ2) is 2.46. The summed E-state index contributed by atoms with van der Waals surface area (Å²) in [4.78, 5) is 11.9. The molecule has 2 atom stereocenters. The first kappa shape index (κ1) is 9.02. The summed E-state index contributed by atoms with van der Waals surface area (Å²) in [6, 6.07) is 0. The van der Waals surface area contributed by atoms with Gasteiger partial charge in [-0.2, -0.15) is 0 Å². The first-order valence-corrected chi connectivity index (χ1v) is 5.85. The van der Waals surface area contributed by atoms with Crippen molar-refractivity contribution >= 4 is 17.6 Å². The molecule has 4 aliphatic carbocycles. The minimum absolute atomic E-state index is 0.000602. The summed E-state index contributed by atoms with van der Waals surface area (Å²) in [5.41, 5.74) is -0.101. The lowest BCUT2D eigenvalue weighted by molar-refractivity contribution is -0.157. The molecular weight excluding hydrogens is 200 g/mol. The number of rotatable bonds is 2. The van der Waals surface area contributed by atoms with Crippen LogP contribution in [0.3, 0.4) is 0 Å². The van der Waals surface area contributed by atoms with Gasteiger partial charge in [-0.1, -0.05) is 0 Å². The maximum Gasteiger partial charge on any atom is 0.312 e. The quantitative estimate of drug-likeness (QED) is 0.521. The van der Waals surface area contributed by atoms with E-state index in [4.69, 9.17) is 16.3 Å². The summed E-state index contributed by atoms with van der Waals surface area (Å²) in [5, 5.41) is 0. The van der Waals surface area contributed by atoms with Gasteiger partial charge >= 0.3 is 5.97 Å². The molecule has 0 aromatic rings. The highest BCUT2D eigenvalue weighted by molar-refractivity contribution is 6.18. The normalized spacial score (nSPS) is 53.0. The number of esters is 1. The zero-order chi connectivity index (χ0) is 9.97. The van der Waals surface area contributed by atoms with Crippen LogP contribution >= 0.6 is 11.6 Å². The van der Waals surface area contributed by atoms with E-state index in [0.717, 1.165) is 37.5 Å². The highest BCUT2D eigenvalue weighted by atomic mass is 35.5. The van der Waals surface area contributed by atoms with E-state index in [1.165, 1.54) is 7.11 Å². The third kappa shape index (κ3) is 0.711. The fourth-order valence-corrected chi connectivity index (χ4v) is 4.99. The largest absolute Gasteiger partial charge is 0.469 e. The van der Waals surface area contributed by atoms with Gasteiger partial charge in [0.15, 0.2) is 0 Å². The van der Waals surface area contributed by atoms with Gasteiger partial charge in [0.2, 0.25) is 0 Å². The fourth-order valence-electron chi connectivity index (χ4n) is 4.52. The van der Waals surface area contributed by atoms with Gasteiger partial charge in [0.05, 0.1) is 12.5 Å². The fraction of sp³-hybridized carbons (Fsp3) is 0.909. The van der Waals surface area contributed by atoms with E-state index >= 15 is 0 Å². The molecule has 78 valence electrons. The maximum absolute atomic E-state index is 11.9. The predicted molar refractivity (Wildman–Crippen MR) is 53.1 cm³/mol. The van der Waals surface area contributed by atoms with Gasteiger partial charge in [0.25, 0.3) is 0 Å². The highest BCUT2D eigenvalue weighted by Gasteiger charge is 2.74. The van der Waals surface area contributed by atoms with E-state index in [1.54, 1.807) is 0 Å². The van der Waals surface area contributed by atoms with Crippen molar-refractivity contribution in [3.8, 4) is 0 Å². The molecule has 4 rings (SSSR count). The van der Waals surface area contributed by atoms with Crippen LogP contribution in [0.15, 0.2) is 0 Å². The van der Waals surface area contributed by atoms with Crippen LogP contribution in [-0.2, 0) is 9.53 Å². The molecule has 0 radical (unpaired) electrons. The van der Waals surface area contributed by atoms with Crippen molar-refractivity contribution in [3.05, 3.63) is 0 Å². The van der Waals surface area contributed by atoms with E-state index in [0.29, 0.717) is 5.88 Å². The molecule has 0 N–H and O–H groups in total. The van der Waals surface area contributed by atoms with Crippen LogP contribution in [0.1, 0.15) is 25.7 Å². The number of methoxy groups -OCH3 is 1. The van der Waals surface area contributed by atoms with Gasteiger partial charge in [-0.15, -0.1) is 11.6 Å². The first-order chi connectivity index (χ1) is 6.67. The van der Waals surface area contributed by atoms with E-state index in [-0.39, 0.29) is 16.8 Å². The van der Waals surface area contributed by atoms with E-state index < -0.39 is 0 Å². The van der Waals surface area contributed by atoms with Gasteiger partial charge < -0.3 is 4.74 Å². The van der Waals surface area contributed by atoms with Gasteiger partial charge in [-0.3, -0.25) is 4.79 Å². The molecule has 0 aliphatic heterocycles. The SMILES string of the molecule is COC(=O)C12CC3CC1(CCl)CC3C2. The Morgan fingerprint density at radius 3 is 2.36 bits per heavy atom. The summed E-state index contributed by atoms with van der Waals surface area (Å²) in [5.74, 6) is 2.15. The molecule has 2 nitrogen and oxygen atoms in total. The number of hydrogen-bond donors (Lipinski definition) is 0. The number of alkyl halides is 1. The molecule has 3 heteroatoms. The summed E-state index contributed by atoms with van der Waals surface area (Å²) in [6.07, 6.45) is 4.40. The molecule has 14 heavy (non-hydrogen) atoms. The second-order valence-electron chi connectivity index (χ2n) is 5.32. The van der Waals surface area contributed by atoms with Crippen LogP contribution in [0.4, 0.5) is 0 Å². The Bertz CT molecular complexity index is 286. The van der Waals surface area contributed by atoms with E-state index in [9.17, 15) is 4.79 Å². The van der Waals surface area contributed by atoms with E-state index in [1.807, 2.05) is 0 Å². The number of carbonyl (C=O) groups excluding carboxylic acids is 1. The summed E-state index contributed by atoms with van der Waals surface area (Å²) >= 11 is 6.10. The minimum Gasteiger partial charge on any atom is -0.469 e. The zero-order valence-electron chi connectivity index (χ0n) is 8.38. The summed E-state index contributed by atoms with van der Waals surface area (Å²) < 4.78 is 4.98. The third-order valence-electron chi connectivity index (χ3n) is 5.04. The molecule has 0 amide bonds. The molecule has 4 fully saturated rings. The number of hydrogen-bond acceptors (Lipinski definition) is 2.